The van der Waals surface area contributed by atoms with E-state index in [9.17, 15) is 8.76 Å². The third kappa shape index (κ3) is 1.95. The second-order valence-corrected chi connectivity index (χ2v) is 3.37. The Morgan fingerprint density at radius 1 is 1.58 bits per heavy atom. The van der Waals surface area contributed by atoms with Crippen molar-refractivity contribution in [2.45, 2.75) is 4.90 Å². The van der Waals surface area contributed by atoms with Crippen LogP contribution in [-0.2, 0) is 11.1 Å². The van der Waals surface area contributed by atoms with E-state index in [1.54, 1.807) is 0 Å². The van der Waals surface area contributed by atoms with Gasteiger partial charge in [0.1, 0.15) is 0 Å². The molecule has 0 heterocycles. The molecule has 0 radical (unpaired) electrons. The lowest BCUT2D eigenvalue weighted by molar-refractivity contribution is 0.537. The molecule has 0 aliphatic carbocycles. The third-order valence-electron chi connectivity index (χ3n) is 1.29. The summed E-state index contributed by atoms with van der Waals surface area (Å²) in [5.41, 5.74) is 2.82. The summed E-state index contributed by atoms with van der Waals surface area (Å²) in [5.74, 6) is 5.09. The van der Waals surface area contributed by atoms with Crippen LogP contribution in [0.25, 0.3) is 0 Å². The minimum absolute atomic E-state index is 0.138. The van der Waals surface area contributed by atoms with Crippen molar-refractivity contribution >= 4 is 28.4 Å². The summed E-state index contributed by atoms with van der Waals surface area (Å²) >= 11 is 3.41. The standard InChI is InChI=1S/C6H7ClN2O2S/c7-5-3-4(12(10)11)1-2-6(5)9-8/h1-3,9H,8H2,(H,10,11)/p-1. The summed E-state index contributed by atoms with van der Waals surface area (Å²) in [6.45, 7) is 0. The van der Waals surface area contributed by atoms with Gasteiger partial charge in [-0.25, -0.2) is 0 Å². The summed E-state index contributed by atoms with van der Waals surface area (Å²) in [5, 5.41) is 0.277. The third-order valence-corrected chi connectivity index (χ3v) is 2.24. The Morgan fingerprint density at radius 2 is 2.25 bits per heavy atom. The van der Waals surface area contributed by atoms with E-state index in [4.69, 9.17) is 17.4 Å². The van der Waals surface area contributed by atoms with Gasteiger partial charge in [-0.2, -0.15) is 0 Å². The minimum atomic E-state index is -2.25. The molecule has 1 aromatic rings. The lowest BCUT2D eigenvalue weighted by Gasteiger charge is -2.07. The van der Waals surface area contributed by atoms with E-state index >= 15 is 0 Å². The largest absolute Gasteiger partial charge is 0.768 e. The van der Waals surface area contributed by atoms with Crippen LogP contribution in [-0.4, -0.2) is 8.76 Å². The number of hydrazine groups is 1. The molecule has 0 amide bonds. The number of rotatable bonds is 2. The lowest BCUT2D eigenvalue weighted by atomic mass is 10.3. The maximum atomic E-state index is 10.4. The number of nitrogens with one attached hydrogen (secondary N) is 1. The smallest absolute Gasteiger partial charge is 0.0672 e. The van der Waals surface area contributed by atoms with Crippen molar-refractivity contribution < 1.29 is 8.76 Å². The number of hydrogen-bond donors (Lipinski definition) is 2. The highest BCUT2D eigenvalue weighted by Crippen LogP contribution is 2.22. The number of anilines is 1. The van der Waals surface area contributed by atoms with Crippen LogP contribution in [0.1, 0.15) is 0 Å². The highest BCUT2D eigenvalue weighted by Gasteiger charge is 1.99. The van der Waals surface area contributed by atoms with E-state index in [0.717, 1.165) is 0 Å². The van der Waals surface area contributed by atoms with Gasteiger partial charge in [-0.1, -0.05) is 11.6 Å². The normalized spacial score (nSPS) is 12.6. The Kier molecular flexibility index (Phi) is 3.05. The monoisotopic (exact) mass is 205 g/mol. The maximum Gasteiger partial charge on any atom is 0.0672 e. The topological polar surface area (TPSA) is 78.2 Å². The van der Waals surface area contributed by atoms with Crippen LogP contribution in [0.15, 0.2) is 23.1 Å². The molecule has 6 heteroatoms. The molecule has 1 atom stereocenters. The predicted octanol–water partition coefficient (Wildman–Crippen LogP) is 0.864. The van der Waals surface area contributed by atoms with Crippen LogP contribution in [0.4, 0.5) is 5.69 Å². The first kappa shape index (κ1) is 9.47. The Morgan fingerprint density at radius 3 is 2.67 bits per heavy atom. The van der Waals surface area contributed by atoms with Gasteiger partial charge < -0.3 is 9.98 Å². The molecule has 1 aromatic carbocycles. The molecule has 0 aliphatic heterocycles. The van der Waals surface area contributed by atoms with Crippen molar-refractivity contribution in [2.24, 2.45) is 5.84 Å². The number of nitrogens with two attached hydrogens (primary N) is 1. The highest BCUT2D eigenvalue weighted by molar-refractivity contribution is 7.79. The van der Waals surface area contributed by atoms with Crippen LogP contribution >= 0.6 is 11.6 Å². The maximum absolute atomic E-state index is 10.4. The van der Waals surface area contributed by atoms with E-state index in [1.807, 2.05) is 0 Å². The van der Waals surface area contributed by atoms with Gasteiger partial charge in [0.15, 0.2) is 0 Å². The van der Waals surface area contributed by atoms with E-state index in [0.29, 0.717) is 5.69 Å². The van der Waals surface area contributed by atoms with Gasteiger partial charge in [0.2, 0.25) is 0 Å². The van der Waals surface area contributed by atoms with Crippen LogP contribution in [0, 0.1) is 0 Å². The summed E-state index contributed by atoms with van der Waals surface area (Å²) in [6, 6.07) is 4.22. The van der Waals surface area contributed by atoms with Gasteiger partial charge in [-0.05, 0) is 29.3 Å². The average Bonchev–Trinajstić information content (AvgIpc) is 2.04. The summed E-state index contributed by atoms with van der Waals surface area (Å²) < 4.78 is 20.9. The fraction of sp³-hybridized carbons (Fsp3) is 0. The second kappa shape index (κ2) is 3.86. The zero-order valence-corrected chi connectivity index (χ0v) is 7.48. The molecular weight excluding hydrogens is 200 g/mol. The quantitative estimate of drug-likeness (QED) is 0.427. The molecule has 0 aliphatic rings. The van der Waals surface area contributed by atoms with Gasteiger partial charge in [0.05, 0.1) is 10.7 Å². The molecule has 0 spiro atoms. The molecule has 3 N–H and O–H groups in total. The predicted molar refractivity (Wildman–Crippen MR) is 46.4 cm³/mol. The number of nitrogen functional groups attached to an aromatic ring is 1. The minimum Gasteiger partial charge on any atom is -0.768 e. The Labute approximate surface area is 77.0 Å². The molecule has 66 valence electrons. The van der Waals surface area contributed by atoms with Gasteiger partial charge in [-0.3, -0.25) is 10.1 Å². The van der Waals surface area contributed by atoms with E-state index in [1.165, 1.54) is 18.2 Å². The molecular formula is C6H6ClN2O2S-. The fourth-order valence-corrected chi connectivity index (χ4v) is 1.41. The highest BCUT2D eigenvalue weighted by atomic mass is 35.5. The second-order valence-electron chi connectivity index (χ2n) is 2.02. The Balaban J connectivity index is 3.10. The zero-order valence-electron chi connectivity index (χ0n) is 5.91. The van der Waals surface area contributed by atoms with Crippen molar-refractivity contribution in [3.05, 3.63) is 23.2 Å². The number of halogens is 1. The van der Waals surface area contributed by atoms with Gasteiger partial charge in [0, 0.05) is 4.90 Å². The van der Waals surface area contributed by atoms with E-state index < -0.39 is 11.1 Å². The molecule has 4 nitrogen and oxygen atoms in total. The van der Waals surface area contributed by atoms with Crippen LogP contribution in [0.3, 0.4) is 0 Å². The van der Waals surface area contributed by atoms with E-state index in [-0.39, 0.29) is 9.92 Å². The SMILES string of the molecule is NNc1ccc(S(=O)[O-])cc1Cl. The number of hydrogen-bond acceptors (Lipinski definition) is 4. The van der Waals surface area contributed by atoms with Crippen molar-refractivity contribution in [3.8, 4) is 0 Å². The van der Waals surface area contributed by atoms with Crippen molar-refractivity contribution in [2.75, 3.05) is 5.43 Å². The molecule has 1 rings (SSSR count). The summed E-state index contributed by atoms with van der Waals surface area (Å²) in [7, 11) is 0. The molecule has 12 heavy (non-hydrogen) atoms. The van der Waals surface area contributed by atoms with Gasteiger partial charge in [-0.15, -0.1) is 0 Å². The Bertz CT molecular complexity index is 318. The van der Waals surface area contributed by atoms with Crippen molar-refractivity contribution in [1.29, 1.82) is 0 Å². The van der Waals surface area contributed by atoms with Crippen molar-refractivity contribution in [1.82, 2.24) is 0 Å². The number of benzene rings is 1. The van der Waals surface area contributed by atoms with Gasteiger partial charge >= 0.3 is 0 Å². The molecule has 1 unspecified atom stereocenters. The van der Waals surface area contributed by atoms with Crippen LogP contribution < -0.4 is 11.3 Å². The van der Waals surface area contributed by atoms with Crippen molar-refractivity contribution in [3.63, 3.8) is 0 Å². The van der Waals surface area contributed by atoms with Gasteiger partial charge in [0.25, 0.3) is 0 Å². The molecule has 0 saturated heterocycles. The first-order valence-corrected chi connectivity index (χ1v) is 4.46. The first-order valence-electron chi connectivity index (χ1n) is 3.00. The molecule has 0 aromatic heterocycles. The average molecular weight is 206 g/mol. The molecule has 0 saturated carbocycles. The summed E-state index contributed by atoms with van der Waals surface area (Å²) in [4.78, 5) is 0.138. The molecule has 0 fully saturated rings. The van der Waals surface area contributed by atoms with E-state index in [2.05, 4.69) is 5.43 Å². The molecule has 0 bridgehead atoms. The lowest BCUT2D eigenvalue weighted by Crippen LogP contribution is -2.07. The first-order chi connectivity index (χ1) is 5.65. The zero-order chi connectivity index (χ0) is 9.14. The van der Waals surface area contributed by atoms with Crippen LogP contribution in [0.5, 0.6) is 0 Å². The van der Waals surface area contributed by atoms with Crippen LogP contribution in [0.2, 0.25) is 5.02 Å². The summed E-state index contributed by atoms with van der Waals surface area (Å²) in [6.07, 6.45) is 0. The fourth-order valence-electron chi connectivity index (χ4n) is 0.717. The Hall–Kier alpha value is -0.620.